The molecule has 0 unspecified atom stereocenters. The van der Waals surface area contributed by atoms with E-state index < -0.39 is 0 Å². The summed E-state index contributed by atoms with van der Waals surface area (Å²) < 4.78 is 19.6. The van der Waals surface area contributed by atoms with Gasteiger partial charge in [0.05, 0.1) is 6.10 Å². The van der Waals surface area contributed by atoms with E-state index in [1.54, 1.807) is 6.07 Å². The van der Waals surface area contributed by atoms with Gasteiger partial charge >= 0.3 is 0 Å². The van der Waals surface area contributed by atoms with Crippen molar-refractivity contribution < 1.29 is 9.13 Å². The molecule has 1 fully saturated rings. The Kier molecular flexibility index (Phi) is 4.84. The monoisotopic (exact) mass is 300 g/mol. The summed E-state index contributed by atoms with van der Waals surface area (Å²) in [6, 6.07) is 5.11. The lowest BCUT2D eigenvalue weighted by Gasteiger charge is -2.19. The van der Waals surface area contributed by atoms with E-state index in [-0.39, 0.29) is 11.9 Å². The summed E-state index contributed by atoms with van der Waals surface area (Å²) in [6.45, 7) is 0. The zero-order valence-electron chi connectivity index (χ0n) is 9.92. The van der Waals surface area contributed by atoms with Crippen LogP contribution < -0.4 is 4.74 Å². The van der Waals surface area contributed by atoms with Crippen LogP contribution in [-0.4, -0.2) is 6.10 Å². The van der Waals surface area contributed by atoms with Crippen LogP contribution in [0.5, 0.6) is 5.75 Å². The van der Waals surface area contributed by atoms with Gasteiger partial charge in [-0.2, -0.15) is 0 Å². The molecule has 0 heterocycles. The first-order valence-electron chi connectivity index (χ1n) is 6.31. The molecule has 0 radical (unpaired) electrons. The van der Waals surface area contributed by atoms with Crippen LogP contribution in [0.4, 0.5) is 4.39 Å². The van der Waals surface area contributed by atoms with E-state index >= 15 is 0 Å². The summed E-state index contributed by atoms with van der Waals surface area (Å²) in [5, 5.41) is 0.632. The van der Waals surface area contributed by atoms with E-state index in [0.717, 1.165) is 18.4 Å². The Morgan fingerprint density at radius 3 is 2.53 bits per heavy atom. The molecule has 17 heavy (non-hydrogen) atoms. The molecule has 1 saturated carbocycles. The van der Waals surface area contributed by atoms with Gasteiger partial charge in [-0.25, -0.2) is 4.39 Å². The highest BCUT2D eigenvalue weighted by atomic mass is 79.9. The Morgan fingerprint density at radius 1 is 1.18 bits per heavy atom. The molecular weight excluding hydrogens is 283 g/mol. The van der Waals surface area contributed by atoms with Gasteiger partial charge in [-0.15, -0.1) is 0 Å². The molecule has 0 saturated heterocycles. The molecule has 1 aromatic carbocycles. The third kappa shape index (κ3) is 3.44. The van der Waals surface area contributed by atoms with Crippen molar-refractivity contribution in [1.29, 1.82) is 0 Å². The molecule has 0 spiro atoms. The first-order chi connectivity index (χ1) is 8.31. The topological polar surface area (TPSA) is 9.23 Å². The molecule has 2 rings (SSSR count). The van der Waals surface area contributed by atoms with Crippen LogP contribution in [0.25, 0.3) is 0 Å². The number of alkyl halides is 1. The summed E-state index contributed by atoms with van der Waals surface area (Å²) in [7, 11) is 0. The van der Waals surface area contributed by atoms with E-state index in [1.807, 2.05) is 6.07 Å². The van der Waals surface area contributed by atoms with Crippen molar-refractivity contribution in [2.24, 2.45) is 0 Å². The second kappa shape index (κ2) is 6.39. The minimum atomic E-state index is -0.244. The van der Waals surface area contributed by atoms with Gasteiger partial charge in [0.15, 0.2) is 11.6 Å². The summed E-state index contributed by atoms with van der Waals surface area (Å²) in [5.74, 6) is 0.197. The van der Waals surface area contributed by atoms with Crippen molar-refractivity contribution >= 4 is 15.9 Å². The molecule has 0 aromatic heterocycles. The maximum absolute atomic E-state index is 13.7. The van der Waals surface area contributed by atoms with Crippen LogP contribution in [0.2, 0.25) is 0 Å². The largest absolute Gasteiger partial charge is 0.487 e. The Morgan fingerprint density at radius 2 is 1.88 bits per heavy atom. The van der Waals surface area contributed by atoms with Crippen molar-refractivity contribution in [2.75, 3.05) is 0 Å². The van der Waals surface area contributed by atoms with E-state index in [0.29, 0.717) is 11.1 Å². The number of halogens is 2. The average Bonchev–Trinajstić information content (AvgIpc) is 2.60. The fourth-order valence-corrected chi connectivity index (χ4v) is 2.76. The second-order valence-corrected chi connectivity index (χ2v) is 5.15. The zero-order valence-corrected chi connectivity index (χ0v) is 11.5. The number of benzene rings is 1. The molecule has 1 aliphatic rings. The standard InChI is InChI=1S/C14H18BrFO/c15-10-11-6-5-9-13(16)14(11)17-12-7-3-1-2-4-8-12/h5-6,9,12H,1-4,7-8,10H2. The van der Waals surface area contributed by atoms with Gasteiger partial charge in [0.2, 0.25) is 0 Å². The Hall–Kier alpha value is -0.570. The van der Waals surface area contributed by atoms with Crippen molar-refractivity contribution in [2.45, 2.75) is 50.0 Å². The molecule has 1 aromatic rings. The minimum absolute atomic E-state index is 0.187. The maximum atomic E-state index is 13.7. The van der Waals surface area contributed by atoms with Gasteiger partial charge in [0.25, 0.3) is 0 Å². The molecule has 1 aliphatic carbocycles. The highest BCUT2D eigenvalue weighted by molar-refractivity contribution is 9.08. The smallest absolute Gasteiger partial charge is 0.165 e. The molecule has 94 valence electrons. The van der Waals surface area contributed by atoms with Crippen LogP contribution in [0.15, 0.2) is 18.2 Å². The normalized spacial score (nSPS) is 17.8. The Bertz CT molecular complexity index is 359. The average molecular weight is 301 g/mol. The van der Waals surface area contributed by atoms with Crippen LogP contribution >= 0.6 is 15.9 Å². The lowest BCUT2D eigenvalue weighted by molar-refractivity contribution is 0.174. The number of hydrogen-bond donors (Lipinski definition) is 0. The zero-order chi connectivity index (χ0) is 12.1. The lowest BCUT2D eigenvalue weighted by atomic mass is 10.1. The van der Waals surface area contributed by atoms with E-state index in [4.69, 9.17) is 4.74 Å². The maximum Gasteiger partial charge on any atom is 0.165 e. The van der Waals surface area contributed by atoms with E-state index in [1.165, 1.54) is 31.7 Å². The Balaban J connectivity index is 2.11. The highest BCUT2D eigenvalue weighted by Gasteiger charge is 2.17. The Labute approximate surface area is 110 Å². The van der Waals surface area contributed by atoms with Gasteiger partial charge in [-0.05, 0) is 31.7 Å². The molecule has 0 N–H and O–H groups in total. The summed E-state index contributed by atoms with van der Waals surface area (Å²) >= 11 is 3.38. The third-order valence-electron chi connectivity index (χ3n) is 3.28. The molecule has 1 nitrogen and oxygen atoms in total. The number of rotatable bonds is 3. The van der Waals surface area contributed by atoms with Crippen LogP contribution in [0, 0.1) is 5.82 Å². The van der Waals surface area contributed by atoms with Crippen molar-refractivity contribution in [1.82, 2.24) is 0 Å². The SMILES string of the molecule is Fc1cccc(CBr)c1OC1CCCCCC1. The number of hydrogen-bond acceptors (Lipinski definition) is 1. The second-order valence-electron chi connectivity index (χ2n) is 4.59. The number of para-hydroxylation sites is 1. The van der Waals surface area contributed by atoms with Gasteiger partial charge < -0.3 is 4.74 Å². The van der Waals surface area contributed by atoms with Crippen molar-refractivity contribution in [3.05, 3.63) is 29.6 Å². The minimum Gasteiger partial charge on any atom is -0.487 e. The molecule has 0 atom stereocenters. The lowest BCUT2D eigenvalue weighted by Crippen LogP contribution is -2.16. The first-order valence-corrected chi connectivity index (χ1v) is 7.43. The van der Waals surface area contributed by atoms with Crippen LogP contribution in [0.1, 0.15) is 44.1 Å². The van der Waals surface area contributed by atoms with Gasteiger partial charge in [-0.3, -0.25) is 0 Å². The van der Waals surface area contributed by atoms with Gasteiger partial charge in [0, 0.05) is 10.9 Å². The molecule has 0 aliphatic heterocycles. The number of ether oxygens (including phenoxy) is 1. The van der Waals surface area contributed by atoms with Crippen molar-refractivity contribution in [3.63, 3.8) is 0 Å². The predicted molar refractivity (Wildman–Crippen MR) is 71.1 cm³/mol. The summed E-state index contributed by atoms with van der Waals surface area (Å²) in [6.07, 6.45) is 7.25. The summed E-state index contributed by atoms with van der Waals surface area (Å²) in [4.78, 5) is 0. The predicted octanol–water partition coefficient (Wildman–Crippen LogP) is 4.82. The quantitative estimate of drug-likeness (QED) is 0.574. The van der Waals surface area contributed by atoms with Crippen molar-refractivity contribution in [3.8, 4) is 5.75 Å². The molecule has 0 bridgehead atoms. The fourth-order valence-electron chi connectivity index (χ4n) is 2.32. The van der Waals surface area contributed by atoms with Gasteiger partial charge in [0.1, 0.15) is 0 Å². The summed E-state index contributed by atoms with van der Waals surface area (Å²) in [5.41, 5.74) is 0.897. The third-order valence-corrected chi connectivity index (χ3v) is 3.88. The molecular formula is C14H18BrFO. The van der Waals surface area contributed by atoms with Crippen LogP contribution in [0.3, 0.4) is 0 Å². The van der Waals surface area contributed by atoms with Gasteiger partial charge in [-0.1, -0.05) is 40.9 Å². The molecule has 3 heteroatoms. The van der Waals surface area contributed by atoms with Crippen LogP contribution in [-0.2, 0) is 5.33 Å². The van der Waals surface area contributed by atoms with E-state index in [2.05, 4.69) is 15.9 Å². The first kappa shape index (κ1) is 12.9. The highest BCUT2D eigenvalue weighted by Crippen LogP contribution is 2.29. The fraction of sp³-hybridized carbons (Fsp3) is 0.571. The van der Waals surface area contributed by atoms with E-state index in [9.17, 15) is 4.39 Å². The molecule has 0 amide bonds.